The number of thiazole rings is 1. The number of thiophene rings is 1. The van der Waals surface area contributed by atoms with E-state index in [1.54, 1.807) is 28.9 Å². The quantitative estimate of drug-likeness (QED) is 0.683. The van der Waals surface area contributed by atoms with E-state index in [2.05, 4.69) is 28.5 Å². The third kappa shape index (κ3) is 4.03. The summed E-state index contributed by atoms with van der Waals surface area (Å²) >= 11 is 3.21. The summed E-state index contributed by atoms with van der Waals surface area (Å²) in [4.78, 5) is 21.5. The number of aromatic nitrogens is 1. The zero-order valence-corrected chi connectivity index (χ0v) is 16.1. The molecule has 134 valence electrons. The Hall–Kier alpha value is -2.02. The molecule has 0 spiro atoms. The van der Waals surface area contributed by atoms with Crippen LogP contribution in [-0.2, 0) is 13.1 Å². The highest BCUT2D eigenvalue weighted by Crippen LogP contribution is 2.30. The van der Waals surface area contributed by atoms with Gasteiger partial charge < -0.3 is 10.2 Å². The zero-order valence-electron chi connectivity index (χ0n) is 14.4. The van der Waals surface area contributed by atoms with Crippen molar-refractivity contribution in [1.82, 2.24) is 15.2 Å². The van der Waals surface area contributed by atoms with Gasteiger partial charge in [-0.3, -0.25) is 4.79 Å². The molecule has 4 rings (SSSR count). The van der Waals surface area contributed by atoms with Gasteiger partial charge in [0.05, 0.1) is 11.4 Å². The first kappa shape index (κ1) is 17.4. The van der Waals surface area contributed by atoms with Gasteiger partial charge in [-0.05, 0) is 37.1 Å². The Morgan fingerprint density at radius 1 is 1.19 bits per heavy atom. The van der Waals surface area contributed by atoms with Crippen molar-refractivity contribution in [3.05, 3.63) is 74.4 Å². The Bertz CT molecular complexity index is 839. The van der Waals surface area contributed by atoms with Crippen LogP contribution in [0.25, 0.3) is 0 Å². The number of hydrogen-bond donors (Lipinski definition) is 1. The minimum Gasteiger partial charge on any atom is -0.327 e. The molecule has 0 saturated carbocycles. The Morgan fingerprint density at radius 3 is 2.81 bits per heavy atom. The van der Waals surface area contributed by atoms with Crippen molar-refractivity contribution in [3.8, 4) is 0 Å². The first-order valence-electron chi connectivity index (χ1n) is 8.84. The summed E-state index contributed by atoms with van der Waals surface area (Å²) in [7, 11) is 0. The normalized spacial score (nSPS) is 16.7. The van der Waals surface area contributed by atoms with E-state index in [0.29, 0.717) is 19.1 Å². The molecule has 1 aliphatic heterocycles. The second-order valence-corrected chi connectivity index (χ2v) is 8.52. The van der Waals surface area contributed by atoms with E-state index in [9.17, 15) is 4.79 Å². The summed E-state index contributed by atoms with van der Waals surface area (Å²) in [6, 6.07) is 14.6. The molecular formula is C20H21N3OS2. The van der Waals surface area contributed by atoms with Gasteiger partial charge in [0.25, 0.3) is 5.91 Å². The maximum Gasteiger partial charge on any atom is 0.264 e. The van der Waals surface area contributed by atoms with Crippen LogP contribution in [0, 0.1) is 0 Å². The molecule has 0 bridgehead atoms. The molecule has 3 aromatic rings. The molecule has 1 saturated heterocycles. The van der Waals surface area contributed by atoms with Crippen molar-refractivity contribution in [2.45, 2.75) is 32.0 Å². The fraction of sp³-hybridized carbons (Fsp3) is 0.300. The fourth-order valence-corrected chi connectivity index (χ4v) is 4.95. The van der Waals surface area contributed by atoms with Crippen molar-refractivity contribution < 1.29 is 4.79 Å². The number of amides is 1. The predicted octanol–water partition coefficient (Wildman–Crippen LogP) is 4.47. The van der Waals surface area contributed by atoms with E-state index in [4.69, 9.17) is 0 Å². The van der Waals surface area contributed by atoms with E-state index in [1.165, 1.54) is 11.3 Å². The molecule has 6 heteroatoms. The first-order chi connectivity index (χ1) is 12.8. The van der Waals surface area contributed by atoms with Crippen LogP contribution in [0.15, 0.2) is 54.0 Å². The summed E-state index contributed by atoms with van der Waals surface area (Å²) < 4.78 is 0. The molecule has 1 amide bonds. The summed E-state index contributed by atoms with van der Waals surface area (Å²) in [6.07, 6.45) is 4.15. The molecule has 3 heterocycles. The minimum atomic E-state index is 0.0818. The highest BCUT2D eigenvalue weighted by atomic mass is 32.1. The van der Waals surface area contributed by atoms with Crippen molar-refractivity contribution in [3.63, 3.8) is 0 Å². The average molecular weight is 384 g/mol. The Kier molecular flexibility index (Phi) is 5.43. The SMILES string of the molecule is O=C(c1ccc([C@@H]2CCCN2)s1)N(Cc1ccccc1)Cc1nccs1. The molecule has 0 aliphatic carbocycles. The van der Waals surface area contributed by atoms with Crippen LogP contribution >= 0.6 is 22.7 Å². The Balaban J connectivity index is 1.54. The molecule has 4 nitrogen and oxygen atoms in total. The largest absolute Gasteiger partial charge is 0.327 e. The fourth-order valence-electron chi connectivity index (χ4n) is 3.24. The lowest BCUT2D eigenvalue weighted by molar-refractivity contribution is 0.0735. The maximum atomic E-state index is 13.2. The van der Waals surface area contributed by atoms with E-state index in [0.717, 1.165) is 28.4 Å². The summed E-state index contributed by atoms with van der Waals surface area (Å²) in [5.41, 5.74) is 1.13. The highest BCUT2D eigenvalue weighted by molar-refractivity contribution is 7.14. The number of carbonyl (C=O) groups is 1. The van der Waals surface area contributed by atoms with Crippen LogP contribution in [0.5, 0.6) is 0 Å². The van der Waals surface area contributed by atoms with Gasteiger partial charge in [0.15, 0.2) is 0 Å². The van der Waals surface area contributed by atoms with Crippen LogP contribution in [0.4, 0.5) is 0 Å². The smallest absolute Gasteiger partial charge is 0.264 e. The Morgan fingerprint density at radius 2 is 2.08 bits per heavy atom. The monoisotopic (exact) mass is 383 g/mol. The molecular weight excluding hydrogens is 362 g/mol. The van der Waals surface area contributed by atoms with Gasteiger partial charge in [0.1, 0.15) is 5.01 Å². The summed E-state index contributed by atoms with van der Waals surface area (Å²) in [6.45, 7) is 2.20. The van der Waals surface area contributed by atoms with E-state index >= 15 is 0 Å². The van der Waals surface area contributed by atoms with Crippen LogP contribution in [0.3, 0.4) is 0 Å². The van der Waals surface area contributed by atoms with Gasteiger partial charge in [0.2, 0.25) is 0 Å². The molecule has 2 aromatic heterocycles. The van der Waals surface area contributed by atoms with Crippen molar-refractivity contribution in [1.29, 1.82) is 0 Å². The van der Waals surface area contributed by atoms with Gasteiger partial charge in [-0.15, -0.1) is 22.7 Å². The lowest BCUT2D eigenvalue weighted by Gasteiger charge is -2.21. The molecule has 1 aliphatic rings. The molecule has 26 heavy (non-hydrogen) atoms. The predicted molar refractivity (Wildman–Crippen MR) is 106 cm³/mol. The second-order valence-electron chi connectivity index (χ2n) is 6.42. The lowest BCUT2D eigenvalue weighted by Crippen LogP contribution is -2.29. The van der Waals surface area contributed by atoms with Gasteiger partial charge in [-0.1, -0.05) is 30.3 Å². The van der Waals surface area contributed by atoms with E-state index in [1.807, 2.05) is 34.5 Å². The summed E-state index contributed by atoms with van der Waals surface area (Å²) in [5.74, 6) is 0.0818. The molecule has 1 fully saturated rings. The van der Waals surface area contributed by atoms with Gasteiger partial charge in [-0.25, -0.2) is 4.98 Å². The second kappa shape index (κ2) is 8.12. The van der Waals surface area contributed by atoms with Crippen LogP contribution in [-0.4, -0.2) is 22.3 Å². The molecule has 0 radical (unpaired) electrons. The molecule has 0 unspecified atom stereocenters. The minimum absolute atomic E-state index is 0.0818. The Labute approximate surface area is 161 Å². The highest BCUT2D eigenvalue weighted by Gasteiger charge is 2.23. The number of benzene rings is 1. The summed E-state index contributed by atoms with van der Waals surface area (Å²) in [5, 5.41) is 6.42. The third-order valence-electron chi connectivity index (χ3n) is 4.55. The zero-order chi connectivity index (χ0) is 17.8. The van der Waals surface area contributed by atoms with Crippen LogP contribution in [0.1, 0.15) is 44.0 Å². The topological polar surface area (TPSA) is 45.2 Å². The number of nitrogens with zero attached hydrogens (tertiary/aromatic N) is 2. The number of nitrogens with one attached hydrogen (secondary N) is 1. The van der Waals surface area contributed by atoms with Crippen LogP contribution < -0.4 is 5.32 Å². The lowest BCUT2D eigenvalue weighted by atomic mass is 10.2. The molecule has 1 N–H and O–H groups in total. The first-order valence-corrected chi connectivity index (χ1v) is 10.5. The number of rotatable bonds is 6. The van der Waals surface area contributed by atoms with Gasteiger partial charge >= 0.3 is 0 Å². The molecule has 1 aromatic carbocycles. The number of carbonyl (C=O) groups excluding carboxylic acids is 1. The molecule has 1 atom stereocenters. The average Bonchev–Trinajstić information content (AvgIpc) is 3.42. The van der Waals surface area contributed by atoms with Crippen molar-refractivity contribution in [2.75, 3.05) is 6.54 Å². The van der Waals surface area contributed by atoms with Gasteiger partial charge in [0, 0.05) is 29.0 Å². The van der Waals surface area contributed by atoms with Gasteiger partial charge in [-0.2, -0.15) is 0 Å². The van der Waals surface area contributed by atoms with Crippen molar-refractivity contribution >= 4 is 28.6 Å². The van der Waals surface area contributed by atoms with Crippen LogP contribution in [0.2, 0.25) is 0 Å². The number of hydrogen-bond acceptors (Lipinski definition) is 5. The third-order valence-corrected chi connectivity index (χ3v) is 6.51. The van der Waals surface area contributed by atoms with E-state index < -0.39 is 0 Å². The van der Waals surface area contributed by atoms with Crippen molar-refractivity contribution in [2.24, 2.45) is 0 Å². The standard InChI is InChI=1S/C20H21N3OS2/c24-20(18-9-8-17(26-18)16-7-4-10-21-16)23(14-19-22-11-12-25-19)13-15-5-2-1-3-6-15/h1-3,5-6,8-9,11-12,16,21H,4,7,10,13-14H2/t16-/m0/s1. The van der Waals surface area contributed by atoms with E-state index in [-0.39, 0.29) is 5.91 Å². The maximum absolute atomic E-state index is 13.2.